The Kier molecular flexibility index (Phi) is 4.08. The van der Waals surface area contributed by atoms with Gasteiger partial charge >= 0.3 is 5.97 Å². The molecule has 0 aromatic carbocycles. The van der Waals surface area contributed by atoms with Crippen molar-refractivity contribution in [1.82, 2.24) is 20.6 Å². The molecule has 4 N–H and O–H groups in total. The maximum Gasteiger partial charge on any atom is 0.329 e. The van der Waals surface area contributed by atoms with Gasteiger partial charge in [-0.3, -0.25) is 10.1 Å². The van der Waals surface area contributed by atoms with Gasteiger partial charge in [-0.2, -0.15) is 0 Å². The zero-order chi connectivity index (χ0) is 14.8. The van der Waals surface area contributed by atoms with Crippen molar-refractivity contribution in [3.8, 4) is 0 Å². The second-order valence-corrected chi connectivity index (χ2v) is 5.34. The first-order valence-corrected chi connectivity index (χ1v) is 6.76. The number of carboxylic acid groups (broad SMARTS) is 1. The number of fused-ring (bicyclic) bond motifs is 1. The Hall–Kier alpha value is -1.89. The lowest BCUT2D eigenvalue weighted by molar-refractivity contribution is -0.147. The van der Waals surface area contributed by atoms with Crippen molar-refractivity contribution in [2.45, 2.75) is 51.2 Å². The van der Waals surface area contributed by atoms with Crippen LogP contribution in [0.2, 0.25) is 0 Å². The summed E-state index contributed by atoms with van der Waals surface area (Å²) in [4.78, 5) is 30.8. The highest BCUT2D eigenvalue weighted by atomic mass is 16.4. The van der Waals surface area contributed by atoms with Crippen molar-refractivity contribution in [2.75, 3.05) is 0 Å². The van der Waals surface area contributed by atoms with E-state index in [0.29, 0.717) is 25.8 Å². The van der Waals surface area contributed by atoms with Crippen molar-refractivity contribution < 1.29 is 14.7 Å². The van der Waals surface area contributed by atoms with Crippen molar-refractivity contribution >= 4 is 11.9 Å². The summed E-state index contributed by atoms with van der Waals surface area (Å²) in [6.07, 6.45) is 3.15. The number of nitrogens with zero attached hydrogens (tertiary/aromatic N) is 1. The summed E-state index contributed by atoms with van der Waals surface area (Å²) < 4.78 is 0. The van der Waals surface area contributed by atoms with Crippen molar-refractivity contribution in [2.24, 2.45) is 0 Å². The Morgan fingerprint density at radius 2 is 2.35 bits per heavy atom. The maximum absolute atomic E-state index is 12.2. The number of aromatic amines is 1. The fourth-order valence-electron chi connectivity index (χ4n) is 2.44. The number of hydrogen-bond acceptors (Lipinski definition) is 4. The maximum atomic E-state index is 12.2. The summed E-state index contributed by atoms with van der Waals surface area (Å²) >= 11 is 0. The van der Waals surface area contributed by atoms with Crippen LogP contribution in [0.4, 0.5) is 0 Å². The molecular weight excluding hydrogens is 260 g/mol. The van der Waals surface area contributed by atoms with E-state index in [1.54, 1.807) is 13.3 Å². The smallest absolute Gasteiger partial charge is 0.329 e. The SMILES string of the molecule is CCCC(C)(NC(=O)C1Cc2nc[nH]c2CN1)C(=O)O. The van der Waals surface area contributed by atoms with Crippen molar-refractivity contribution in [1.29, 1.82) is 0 Å². The molecule has 110 valence electrons. The molecule has 1 amide bonds. The number of aromatic nitrogens is 2. The predicted molar refractivity (Wildman–Crippen MR) is 72.0 cm³/mol. The molecule has 0 saturated heterocycles. The van der Waals surface area contributed by atoms with Gasteiger partial charge in [0.2, 0.25) is 5.91 Å². The molecule has 0 bridgehead atoms. The number of nitrogens with one attached hydrogen (secondary N) is 3. The number of carbonyl (C=O) groups excluding carboxylic acids is 1. The van der Waals surface area contributed by atoms with Crippen LogP contribution in [0, 0.1) is 0 Å². The Labute approximate surface area is 117 Å². The molecule has 0 spiro atoms. The van der Waals surface area contributed by atoms with Crippen LogP contribution in [0.25, 0.3) is 0 Å². The van der Waals surface area contributed by atoms with E-state index in [9.17, 15) is 14.7 Å². The van der Waals surface area contributed by atoms with Crippen LogP contribution in [0.15, 0.2) is 6.33 Å². The van der Waals surface area contributed by atoms with Gasteiger partial charge in [0.15, 0.2) is 0 Å². The molecule has 2 heterocycles. The normalized spacial score (nSPS) is 20.8. The largest absolute Gasteiger partial charge is 0.480 e. The number of H-pyrrole nitrogens is 1. The second-order valence-electron chi connectivity index (χ2n) is 5.34. The quantitative estimate of drug-likeness (QED) is 0.615. The standard InChI is InChI=1S/C13H20N4O3/c1-3-4-13(2,12(19)20)17-11(18)9-5-8-10(6-14-9)16-7-15-8/h7,9,14H,3-6H2,1-2H3,(H,15,16)(H,17,18)(H,19,20). The van der Waals surface area contributed by atoms with Crippen LogP contribution in [0.5, 0.6) is 0 Å². The summed E-state index contributed by atoms with van der Waals surface area (Å²) in [6, 6.07) is -0.443. The summed E-state index contributed by atoms with van der Waals surface area (Å²) in [5, 5.41) is 15.0. The van der Waals surface area contributed by atoms with Gasteiger partial charge in [-0.05, 0) is 13.3 Å². The molecular formula is C13H20N4O3. The monoisotopic (exact) mass is 280 g/mol. The van der Waals surface area contributed by atoms with Gasteiger partial charge in [0.05, 0.1) is 23.8 Å². The fourth-order valence-corrected chi connectivity index (χ4v) is 2.44. The van der Waals surface area contributed by atoms with E-state index in [2.05, 4.69) is 20.6 Å². The number of rotatable bonds is 5. The molecule has 2 unspecified atom stereocenters. The molecule has 1 aromatic heterocycles. The van der Waals surface area contributed by atoms with Crippen LogP contribution < -0.4 is 10.6 Å². The Bertz CT molecular complexity index is 513. The van der Waals surface area contributed by atoms with Crippen molar-refractivity contribution in [3.05, 3.63) is 17.7 Å². The highest BCUT2D eigenvalue weighted by Crippen LogP contribution is 2.16. The number of carboxylic acids is 1. The Balaban J connectivity index is 2.03. The predicted octanol–water partition coefficient (Wildman–Crippen LogP) is 0.184. The number of amides is 1. The summed E-state index contributed by atoms with van der Waals surface area (Å²) in [5.74, 6) is -1.30. The molecule has 7 nitrogen and oxygen atoms in total. The minimum atomic E-state index is -1.22. The number of aliphatic carboxylic acids is 1. The molecule has 1 aliphatic rings. The van der Waals surface area contributed by atoms with Gasteiger partial charge in [-0.25, -0.2) is 9.78 Å². The molecule has 1 aliphatic heterocycles. The lowest BCUT2D eigenvalue weighted by Gasteiger charge is -2.29. The lowest BCUT2D eigenvalue weighted by atomic mass is 9.95. The molecule has 1 aromatic rings. The first-order chi connectivity index (χ1) is 9.46. The highest BCUT2D eigenvalue weighted by molar-refractivity contribution is 5.89. The van der Waals surface area contributed by atoms with Gasteiger partial charge in [0, 0.05) is 13.0 Å². The second kappa shape index (κ2) is 5.62. The minimum absolute atomic E-state index is 0.294. The van der Waals surface area contributed by atoms with Crippen LogP contribution in [0.1, 0.15) is 38.1 Å². The number of hydrogen-bond donors (Lipinski definition) is 4. The molecule has 2 atom stereocenters. The van der Waals surface area contributed by atoms with Gasteiger partial charge in [-0.1, -0.05) is 13.3 Å². The van der Waals surface area contributed by atoms with Gasteiger partial charge in [0.25, 0.3) is 0 Å². The summed E-state index contributed by atoms with van der Waals surface area (Å²) in [5.41, 5.74) is 0.611. The van der Waals surface area contributed by atoms with E-state index in [1.807, 2.05) is 6.92 Å². The molecule has 0 saturated carbocycles. The fraction of sp³-hybridized carbons (Fsp3) is 0.615. The third-order valence-corrected chi connectivity index (χ3v) is 3.67. The summed E-state index contributed by atoms with van der Waals surface area (Å²) in [7, 11) is 0. The van der Waals surface area contributed by atoms with Crippen LogP contribution in [-0.4, -0.2) is 38.5 Å². The topological polar surface area (TPSA) is 107 Å². The highest BCUT2D eigenvalue weighted by Gasteiger charge is 2.36. The summed E-state index contributed by atoms with van der Waals surface area (Å²) in [6.45, 7) is 3.97. The number of imidazole rings is 1. The van der Waals surface area contributed by atoms with E-state index in [-0.39, 0.29) is 5.91 Å². The molecule has 2 rings (SSSR count). The first kappa shape index (κ1) is 14.5. The van der Waals surface area contributed by atoms with Crippen LogP contribution in [0.3, 0.4) is 0 Å². The van der Waals surface area contributed by atoms with Gasteiger partial charge < -0.3 is 15.4 Å². The zero-order valence-electron chi connectivity index (χ0n) is 11.7. The number of carbonyl (C=O) groups is 2. The molecule has 20 heavy (non-hydrogen) atoms. The van der Waals surface area contributed by atoms with E-state index in [0.717, 1.165) is 11.4 Å². The van der Waals surface area contributed by atoms with Crippen LogP contribution in [-0.2, 0) is 22.6 Å². The average molecular weight is 280 g/mol. The lowest BCUT2D eigenvalue weighted by Crippen LogP contribution is -2.58. The third-order valence-electron chi connectivity index (χ3n) is 3.67. The van der Waals surface area contributed by atoms with E-state index < -0.39 is 17.6 Å². The Morgan fingerprint density at radius 1 is 1.60 bits per heavy atom. The molecule has 0 radical (unpaired) electrons. The minimum Gasteiger partial charge on any atom is -0.480 e. The average Bonchev–Trinajstić information content (AvgIpc) is 2.85. The molecule has 0 aliphatic carbocycles. The van der Waals surface area contributed by atoms with Crippen molar-refractivity contribution in [3.63, 3.8) is 0 Å². The molecule has 7 heteroatoms. The van der Waals surface area contributed by atoms with E-state index in [4.69, 9.17) is 0 Å². The zero-order valence-corrected chi connectivity index (χ0v) is 11.7. The Morgan fingerprint density at radius 3 is 3.00 bits per heavy atom. The third kappa shape index (κ3) is 2.82. The van der Waals surface area contributed by atoms with E-state index >= 15 is 0 Å². The van der Waals surface area contributed by atoms with Gasteiger partial charge in [0.1, 0.15) is 5.54 Å². The van der Waals surface area contributed by atoms with Gasteiger partial charge in [-0.15, -0.1) is 0 Å². The first-order valence-electron chi connectivity index (χ1n) is 6.76. The van der Waals surface area contributed by atoms with E-state index in [1.165, 1.54) is 0 Å². The molecule has 0 fully saturated rings. The van der Waals surface area contributed by atoms with Crippen LogP contribution >= 0.6 is 0 Å².